The van der Waals surface area contributed by atoms with Gasteiger partial charge in [0.05, 0.1) is 108 Å². The summed E-state index contributed by atoms with van der Waals surface area (Å²) in [4.78, 5) is 106. The van der Waals surface area contributed by atoms with Crippen LogP contribution in [0.1, 0.15) is 83.2 Å². The topological polar surface area (TPSA) is 229 Å². The average Bonchev–Trinajstić information content (AvgIpc) is 1.23. The number of hydrogen-bond donors (Lipinski definition) is 3. The van der Waals surface area contributed by atoms with E-state index in [1.54, 1.807) is 12.1 Å². The Morgan fingerprint density at radius 1 is 0.245 bits per heavy atom. The first-order chi connectivity index (χ1) is 69.9. The van der Waals surface area contributed by atoms with Gasteiger partial charge in [0.1, 0.15) is 0 Å². The molecule has 6 N–H and O–H groups in total. The number of rotatable bonds is 29. The number of hydrogen-bond acceptors (Lipinski definition) is 24. The maximum absolute atomic E-state index is 12.9. The fraction of sp³-hybridized carbons (Fsp3) is 0.377. The van der Waals surface area contributed by atoms with E-state index < -0.39 is 10.8 Å². The largest absolute Gasteiger partial charge is 0.369 e. The first kappa shape index (κ1) is 102. The Kier molecular flexibility index (Phi) is 35.6. The van der Waals surface area contributed by atoms with Crippen LogP contribution in [0.4, 0.5) is 56.9 Å². The Labute approximate surface area is 864 Å². The maximum atomic E-state index is 12.9. The van der Waals surface area contributed by atoms with E-state index in [1.165, 1.54) is 146 Å². The number of likely N-dealkylation sites (tertiary alicyclic amines) is 1. The van der Waals surface area contributed by atoms with Crippen molar-refractivity contribution >= 4 is 144 Å². The van der Waals surface area contributed by atoms with Gasteiger partial charge in [0.15, 0.2) is 0 Å². The molecule has 5 saturated heterocycles. The average molecular weight is 2010 g/mol. The lowest BCUT2D eigenvalue weighted by molar-refractivity contribution is -0.120. The second kappa shape index (κ2) is 49.8. The maximum Gasteiger partial charge on any atom is 0.261 e. The number of piperazine rings is 4. The van der Waals surface area contributed by atoms with E-state index in [1.807, 2.05) is 95.6 Å². The molecule has 0 radical (unpaired) electrons. The summed E-state index contributed by atoms with van der Waals surface area (Å²) in [5.74, 6) is -1.04. The predicted octanol–water partition coefficient (Wildman–Crippen LogP) is 17.7. The number of carbonyl (C=O) groups excluding carboxylic acids is 5. The molecule has 143 heavy (non-hydrogen) atoms. The van der Waals surface area contributed by atoms with Gasteiger partial charge in [0.2, 0.25) is 17.7 Å². The summed E-state index contributed by atoms with van der Waals surface area (Å²) < 4.78 is 12.9. The first-order valence-corrected chi connectivity index (χ1v) is 55.6. The Balaban J connectivity index is 0.000000119. The van der Waals surface area contributed by atoms with Crippen LogP contribution in [-0.4, -0.2) is 299 Å². The number of imide groups is 1. The zero-order valence-corrected chi connectivity index (χ0v) is 86.8. The molecule has 22 rings (SSSR count). The van der Waals surface area contributed by atoms with Crippen molar-refractivity contribution in [3.8, 4) is 0 Å². The fourth-order valence-corrected chi connectivity index (χ4v) is 26.8. The zero-order chi connectivity index (χ0) is 98.5. The molecule has 0 bridgehead atoms. The molecule has 11 heterocycles. The van der Waals surface area contributed by atoms with Gasteiger partial charge >= 0.3 is 0 Å². The smallest absolute Gasteiger partial charge is 0.261 e. The summed E-state index contributed by atoms with van der Waals surface area (Å²) in [5, 5.41) is 0. The summed E-state index contributed by atoms with van der Waals surface area (Å²) in [6.45, 7) is 35.1. The van der Waals surface area contributed by atoms with Gasteiger partial charge in [-0.05, 0) is 249 Å². The molecular formula is C114H136N18O6S5. The summed E-state index contributed by atoms with van der Waals surface area (Å²) in [6, 6.07) is 89.0. The van der Waals surface area contributed by atoms with Crippen LogP contribution in [0.3, 0.4) is 0 Å². The van der Waals surface area contributed by atoms with Crippen molar-refractivity contribution in [1.82, 2.24) is 49.0 Å². The normalized spacial score (nSPS) is 17.6. The number of fused-ring (bicyclic) bond motifs is 11. The summed E-state index contributed by atoms with van der Waals surface area (Å²) >= 11 is 7.48. The summed E-state index contributed by atoms with van der Waals surface area (Å²) in [5.41, 5.74) is 32.3. The quantitative estimate of drug-likeness (QED) is 0.0370. The molecule has 11 aromatic rings. The molecule has 0 saturated carbocycles. The Morgan fingerprint density at radius 3 is 0.769 bits per heavy atom. The Bertz CT molecular complexity index is 6060. The summed E-state index contributed by atoms with van der Waals surface area (Å²) in [6.07, 6.45) is 9.75. The molecule has 11 aromatic carbocycles. The van der Waals surface area contributed by atoms with Crippen LogP contribution in [0.2, 0.25) is 0 Å². The van der Waals surface area contributed by atoms with E-state index in [9.17, 15) is 28.2 Å². The summed E-state index contributed by atoms with van der Waals surface area (Å²) in [7, 11) is -1.13. The second-order valence-electron chi connectivity index (χ2n) is 38.5. The lowest BCUT2D eigenvalue weighted by Gasteiger charge is -2.36. The minimum atomic E-state index is -1.13. The second-order valence-corrected chi connectivity index (χ2v) is 44.3. The molecule has 29 heteroatoms. The van der Waals surface area contributed by atoms with Crippen LogP contribution in [0, 0.1) is 13.8 Å². The number of benzene rings is 11. The molecule has 748 valence electrons. The van der Waals surface area contributed by atoms with Crippen LogP contribution < -0.4 is 41.7 Å². The van der Waals surface area contributed by atoms with Gasteiger partial charge in [-0.15, -0.1) is 0 Å². The number of nitrogens with two attached hydrogens (primary N) is 3. The van der Waals surface area contributed by atoms with E-state index in [4.69, 9.17) is 17.2 Å². The van der Waals surface area contributed by atoms with E-state index in [-0.39, 0.29) is 29.5 Å². The number of primary amides is 3. The van der Waals surface area contributed by atoms with Crippen molar-refractivity contribution in [1.29, 1.82) is 0 Å². The van der Waals surface area contributed by atoms with Crippen LogP contribution in [0.15, 0.2) is 304 Å². The van der Waals surface area contributed by atoms with Crippen molar-refractivity contribution in [2.75, 3.05) is 240 Å². The number of nitrogens with zero attached hydrogens (tertiary/aromatic N) is 15. The standard InChI is InChI=1S/C30H32N4O2S.C22H28N4OS.C21H26N4O2S.C21H26N4OS.C20H24N2S/c1-22-11-12-28-26(21-22)33(25-9-4-5-10-27(25)37-28)14-6-13-31-15-17-32(18-16-31)19-20-34-29(35)23-7-2-3-8-24(23)30(34)36;1-17-7-8-21-19(15-17)26(18-5-2-3-6-20(18)28-21)10-4-9-24-11-13-25(14-12-24)16-22(23)27;22-21(26)16-24-14-12-23(13-15-24)10-5-11-25-17-6-1-3-8-19(17)28(27)20-9-4-2-7-18(20)25;22-21(26)16-24-14-12-23(13-15-24)10-5-11-25-17-6-1-3-8-19(17)27-20-9-4-2-7-18(20)25;1-6-13-21(14-7-1)15-8-16-22-17-9-2-4-11-19(17)23-20-12-5-3-10-18(20)22/h2-5,7-12,21H,6,13-20H2,1H3;2-3,5-8,15H,4,9-14,16H2,1H3,(H2,23,27);1-4,6-9H,5,10-16H2,(H2,22,26);1-4,6-9H,5,10-16H2,(H2,22,26);2-5,9-12H,1,6-8,13-16H2. The molecule has 0 atom stereocenters. The van der Waals surface area contributed by atoms with Gasteiger partial charge in [-0.3, -0.25) is 48.5 Å². The van der Waals surface area contributed by atoms with E-state index in [0.29, 0.717) is 37.3 Å². The first-order valence-electron chi connectivity index (χ1n) is 51.2. The predicted molar refractivity (Wildman–Crippen MR) is 584 cm³/mol. The van der Waals surface area contributed by atoms with Crippen molar-refractivity contribution in [3.63, 3.8) is 0 Å². The third-order valence-electron chi connectivity index (χ3n) is 28.6. The number of para-hydroxylation sites is 8. The monoisotopic (exact) mass is 2010 g/mol. The highest BCUT2D eigenvalue weighted by Crippen LogP contribution is 2.53. The Morgan fingerprint density at radius 2 is 0.476 bits per heavy atom. The van der Waals surface area contributed by atoms with E-state index >= 15 is 0 Å². The van der Waals surface area contributed by atoms with Gasteiger partial charge in [0.25, 0.3) is 11.8 Å². The van der Waals surface area contributed by atoms with Gasteiger partial charge in [-0.25, -0.2) is 4.21 Å². The van der Waals surface area contributed by atoms with Gasteiger partial charge in [-0.2, -0.15) is 0 Å². The molecule has 0 aliphatic carbocycles. The minimum absolute atomic E-state index is 0.159. The number of piperidine rings is 1. The van der Waals surface area contributed by atoms with Gasteiger partial charge in [-0.1, -0.05) is 175 Å². The third-order valence-corrected chi connectivity index (χ3v) is 34.6. The van der Waals surface area contributed by atoms with Crippen LogP contribution in [-0.2, 0) is 25.2 Å². The number of aryl methyl sites for hydroxylation is 2. The van der Waals surface area contributed by atoms with Gasteiger partial charge < -0.3 is 66.2 Å². The fourth-order valence-electron chi connectivity index (χ4n) is 21.1. The highest BCUT2D eigenvalue weighted by atomic mass is 32.2. The number of amides is 5. The molecular weight excluding hydrogens is 1880 g/mol. The number of carbonyl (C=O) groups is 5. The van der Waals surface area contributed by atoms with Crippen LogP contribution >= 0.6 is 47.0 Å². The third kappa shape index (κ3) is 26.2. The molecule has 11 aliphatic rings. The van der Waals surface area contributed by atoms with Crippen molar-refractivity contribution in [2.24, 2.45) is 17.2 Å². The van der Waals surface area contributed by atoms with Crippen LogP contribution in [0.25, 0.3) is 0 Å². The highest BCUT2D eigenvalue weighted by molar-refractivity contribution is 8.00. The van der Waals surface area contributed by atoms with Crippen molar-refractivity contribution < 1.29 is 28.2 Å². The highest BCUT2D eigenvalue weighted by Gasteiger charge is 2.37. The molecule has 0 spiro atoms. The molecule has 5 amide bonds. The lowest BCUT2D eigenvalue weighted by atomic mass is 10.1. The minimum Gasteiger partial charge on any atom is -0.369 e. The van der Waals surface area contributed by atoms with E-state index in [0.717, 1.165) is 217 Å². The van der Waals surface area contributed by atoms with Crippen LogP contribution in [0.5, 0.6) is 0 Å². The SMILES string of the molecule is Cc1ccc2c(c1)N(CCCN1CCN(CC(N)=O)CC1)c1ccccc1S2.Cc1ccc2c(c1)N(CCCN1CCN(CCN3C(=O)c4ccccc4C3=O)CC1)c1ccccc1S2.NC(=O)CN1CCN(CCCN2c3ccccc3S(=O)c3ccccc32)CC1.NC(=O)CN1CCN(CCCN2c3ccccc3Sc3ccccc32)CC1.c1ccc2c(c1)Sc1ccccc1N2CCCN1CCCCC1. The van der Waals surface area contributed by atoms with Gasteiger partial charge in [0, 0.05) is 190 Å². The molecule has 5 fully saturated rings. The Hall–Kier alpha value is -10.8. The molecule has 0 aromatic heterocycles. The number of anilines is 10. The molecule has 0 unspecified atom stereocenters. The molecule has 11 aliphatic heterocycles. The molecule has 24 nitrogen and oxygen atoms in total. The van der Waals surface area contributed by atoms with Crippen molar-refractivity contribution in [2.45, 2.75) is 114 Å². The lowest BCUT2D eigenvalue weighted by Crippen LogP contribution is -2.49. The zero-order valence-electron chi connectivity index (χ0n) is 82.7. The van der Waals surface area contributed by atoms with E-state index in [2.05, 4.69) is 277 Å². The van der Waals surface area contributed by atoms with Crippen molar-refractivity contribution in [3.05, 3.63) is 277 Å².